The van der Waals surface area contributed by atoms with Crippen LogP contribution in [-0.4, -0.2) is 12.2 Å². The van der Waals surface area contributed by atoms with Gasteiger partial charge >= 0.3 is 12.2 Å². The molecule has 0 saturated heterocycles. The van der Waals surface area contributed by atoms with Crippen molar-refractivity contribution in [3.05, 3.63) is 80.5 Å². The molecule has 0 heterocycles. The summed E-state index contributed by atoms with van der Waals surface area (Å²) in [6.45, 7) is 0. The molecule has 0 atom stereocenters. The first-order valence-corrected chi connectivity index (χ1v) is 9.89. The molecule has 0 fully saturated rings. The molecule has 160 valence electrons. The monoisotopic (exact) mass is 502 g/mol. The van der Waals surface area contributed by atoms with Crippen molar-refractivity contribution in [1.82, 2.24) is 0 Å². The minimum absolute atomic E-state index is 0.219. The Labute approximate surface area is 195 Å². The predicted molar refractivity (Wildman–Crippen MR) is 119 cm³/mol. The molecule has 3 aromatic rings. The number of nitrogens with one attached hydrogen (secondary N) is 2. The van der Waals surface area contributed by atoms with Gasteiger partial charge in [-0.05, 0) is 48.5 Å². The van der Waals surface area contributed by atoms with E-state index in [-0.39, 0.29) is 37.2 Å². The number of ether oxygens (including phenoxy) is 2. The Balaban J connectivity index is 1.73. The number of amides is 2. The molecule has 0 saturated carbocycles. The zero-order valence-electron chi connectivity index (χ0n) is 15.2. The Kier molecular flexibility index (Phi) is 7.46. The van der Waals surface area contributed by atoms with E-state index >= 15 is 0 Å². The predicted octanol–water partition coefficient (Wildman–Crippen LogP) is 7.66. The second-order valence-electron chi connectivity index (χ2n) is 5.91. The zero-order chi connectivity index (χ0) is 22.5. The topological polar surface area (TPSA) is 76.7 Å². The van der Waals surface area contributed by atoms with E-state index in [1.165, 1.54) is 48.5 Å². The van der Waals surface area contributed by atoms with Gasteiger partial charge in [0.1, 0.15) is 0 Å². The van der Waals surface area contributed by atoms with Crippen molar-refractivity contribution in [2.75, 3.05) is 10.6 Å². The number of hydrogen-bond donors (Lipinski definition) is 2. The third-order valence-electron chi connectivity index (χ3n) is 3.55. The largest absolute Gasteiger partial charge is 0.417 e. The van der Waals surface area contributed by atoms with Crippen LogP contribution in [0.15, 0.2) is 54.6 Å². The third kappa shape index (κ3) is 6.63. The summed E-state index contributed by atoms with van der Waals surface area (Å²) < 4.78 is 24.3. The number of anilines is 2. The summed E-state index contributed by atoms with van der Waals surface area (Å²) >= 11 is 23.5. The first-order chi connectivity index (χ1) is 14.7. The number of carbonyl (C=O) groups excluding carboxylic acids is 2. The summed E-state index contributed by atoms with van der Waals surface area (Å²) in [4.78, 5) is 24.4. The van der Waals surface area contributed by atoms with Crippen LogP contribution in [-0.2, 0) is 0 Å². The van der Waals surface area contributed by atoms with Gasteiger partial charge in [-0.3, -0.25) is 10.6 Å². The van der Waals surface area contributed by atoms with Gasteiger partial charge in [-0.25, -0.2) is 14.0 Å². The van der Waals surface area contributed by atoms with Crippen LogP contribution < -0.4 is 20.1 Å². The van der Waals surface area contributed by atoms with Gasteiger partial charge in [0.15, 0.2) is 11.6 Å². The van der Waals surface area contributed by atoms with Gasteiger partial charge in [-0.15, -0.1) is 0 Å². The number of hydrogen-bond acceptors (Lipinski definition) is 4. The summed E-state index contributed by atoms with van der Waals surface area (Å²) in [6.07, 6.45) is -2.05. The maximum atomic E-state index is 14.3. The summed E-state index contributed by atoms with van der Waals surface area (Å²) in [6, 6.07) is 12.2. The highest BCUT2D eigenvalue weighted by Crippen LogP contribution is 2.31. The van der Waals surface area contributed by atoms with E-state index in [4.69, 9.17) is 55.9 Å². The molecule has 0 unspecified atom stereocenters. The van der Waals surface area contributed by atoms with Crippen molar-refractivity contribution in [1.29, 1.82) is 0 Å². The first kappa shape index (κ1) is 23.0. The average molecular weight is 504 g/mol. The van der Waals surface area contributed by atoms with Crippen LogP contribution in [0.3, 0.4) is 0 Å². The normalized spacial score (nSPS) is 10.4. The van der Waals surface area contributed by atoms with Gasteiger partial charge in [0.25, 0.3) is 0 Å². The van der Waals surface area contributed by atoms with Crippen LogP contribution in [0.5, 0.6) is 11.5 Å². The van der Waals surface area contributed by atoms with Gasteiger partial charge in [0.05, 0.1) is 0 Å². The molecule has 2 amide bonds. The van der Waals surface area contributed by atoms with E-state index in [9.17, 15) is 14.0 Å². The molecular weight excluding hydrogens is 493 g/mol. The summed E-state index contributed by atoms with van der Waals surface area (Å²) in [5.74, 6) is -1.88. The van der Waals surface area contributed by atoms with E-state index in [2.05, 4.69) is 10.6 Å². The second kappa shape index (κ2) is 10.1. The maximum Gasteiger partial charge on any atom is 0.417 e. The molecule has 6 nitrogen and oxygen atoms in total. The van der Waals surface area contributed by atoms with E-state index in [1.54, 1.807) is 0 Å². The number of rotatable bonds is 4. The van der Waals surface area contributed by atoms with Crippen LogP contribution in [0.2, 0.25) is 20.1 Å². The molecule has 3 rings (SSSR count). The Morgan fingerprint density at radius 2 is 1.16 bits per heavy atom. The van der Waals surface area contributed by atoms with E-state index in [1.807, 2.05) is 0 Å². The van der Waals surface area contributed by atoms with Crippen molar-refractivity contribution >= 4 is 70.0 Å². The van der Waals surface area contributed by atoms with Crippen molar-refractivity contribution < 1.29 is 23.5 Å². The van der Waals surface area contributed by atoms with Gasteiger partial charge in [0, 0.05) is 31.5 Å². The van der Waals surface area contributed by atoms with Crippen LogP contribution in [0.1, 0.15) is 0 Å². The maximum absolute atomic E-state index is 14.3. The standard InChI is InChI=1S/C20H11Cl4FN2O4/c21-10-4-11(22)7-14(6-10)26-19(28)30-17-3-1-2-16(25)18(17)31-20(29)27-15-8-12(23)5-13(24)9-15/h1-9H,(H,26,28)(H,27,29). The van der Waals surface area contributed by atoms with Gasteiger partial charge in [-0.2, -0.15) is 0 Å². The first-order valence-electron chi connectivity index (χ1n) is 8.38. The smallest absolute Gasteiger partial charge is 0.406 e. The summed E-state index contributed by atoms with van der Waals surface area (Å²) in [5.41, 5.74) is 0.467. The molecule has 0 bridgehead atoms. The summed E-state index contributed by atoms with van der Waals surface area (Å²) in [7, 11) is 0. The Hall–Kier alpha value is -2.71. The fourth-order valence-corrected chi connectivity index (χ4v) is 3.45. The lowest BCUT2D eigenvalue weighted by molar-refractivity contribution is 0.203. The quantitative estimate of drug-likeness (QED) is 0.383. The molecule has 0 aromatic heterocycles. The fourth-order valence-electron chi connectivity index (χ4n) is 2.40. The highest BCUT2D eigenvalue weighted by Gasteiger charge is 2.19. The zero-order valence-corrected chi connectivity index (χ0v) is 18.2. The fraction of sp³-hybridized carbons (Fsp3) is 0. The molecule has 31 heavy (non-hydrogen) atoms. The van der Waals surface area contributed by atoms with Gasteiger partial charge in [0.2, 0.25) is 5.75 Å². The minimum atomic E-state index is -1.06. The molecule has 0 radical (unpaired) electrons. The van der Waals surface area contributed by atoms with E-state index < -0.39 is 23.8 Å². The van der Waals surface area contributed by atoms with E-state index in [0.29, 0.717) is 0 Å². The molecule has 0 aliphatic rings. The number of para-hydroxylation sites is 1. The Morgan fingerprint density at radius 1 is 0.710 bits per heavy atom. The SMILES string of the molecule is O=C(Nc1cc(Cl)cc(Cl)c1)Oc1cccc(F)c1OC(=O)Nc1cc(Cl)cc(Cl)c1. The van der Waals surface area contributed by atoms with Crippen LogP contribution in [0.25, 0.3) is 0 Å². The van der Waals surface area contributed by atoms with Crippen LogP contribution in [0, 0.1) is 5.82 Å². The highest BCUT2D eigenvalue weighted by molar-refractivity contribution is 6.35. The molecule has 2 N–H and O–H groups in total. The molecule has 0 aliphatic heterocycles. The van der Waals surface area contributed by atoms with E-state index in [0.717, 1.165) is 6.07 Å². The van der Waals surface area contributed by atoms with Crippen LogP contribution >= 0.6 is 46.4 Å². The number of benzene rings is 3. The Morgan fingerprint density at radius 3 is 1.65 bits per heavy atom. The lowest BCUT2D eigenvalue weighted by Gasteiger charge is -2.13. The van der Waals surface area contributed by atoms with Gasteiger partial charge in [-0.1, -0.05) is 52.5 Å². The molecule has 3 aromatic carbocycles. The minimum Gasteiger partial charge on any atom is -0.406 e. The van der Waals surface area contributed by atoms with Crippen molar-refractivity contribution in [2.45, 2.75) is 0 Å². The van der Waals surface area contributed by atoms with Gasteiger partial charge < -0.3 is 9.47 Å². The summed E-state index contributed by atoms with van der Waals surface area (Å²) in [5, 5.41) is 5.86. The Bertz CT molecular complexity index is 1120. The number of halogens is 5. The van der Waals surface area contributed by atoms with Crippen molar-refractivity contribution in [3.63, 3.8) is 0 Å². The number of carbonyl (C=O) groups is 2. The molecular formula is C20H11Cl4FN2O4. The highest BCUT2D eigenvalue weighted by atomic mass is 35.5. The average Bonchev–Trinajstić information content (AvgIpc) is 2.62. The third-order valence-corrected chi connectivity index (χ3v) is 4.42. The molecule has 0 aliphatic carbocycles. The van der Waals surface area contributed by atoms with Crippen LogP contribution in [0.4, 0.5) is 25.4 Å². The molecule has 11 heteroatoms. The lowest BCUT2D eigenvalue weighted by atomic mass is 10.3. The van der Waals surface area contributed by atoms with Crippen molar-refractivity contribution in [3.8, 4) is 11.5 Å². The second-order valence-corrected chi connectivity index (χ2v) is 7.66. The lowest BCUT2D eigenvalue weighted by Crippen LogP contribution is -2.20. The van der Waals surface area contributed by atoms with Crippen molar-refractivity contribution in [2.24, 2.45) is 0 Å². The molecule has 0 spiro atoms.